The minimum atomic E-state index is -0.417. The minimum Gasteiger partial charge on any atom is -0.503 e. The van der Waals surface area contributed by atoms with E-state index >= 15 is 0 Å². The highest BCUT2D eigenvalue weighted by molar-refractivity contribution is 5.21. The maximum Gasteiger partial charge on any atom is 0.223 e. The smallest absolute Gasteiger partial charge is 0.223 e. The molecule has 0 aromatic carbocycles. The number of hydrogen-bond donors (Lipinski definition) is 3. The number of aromatic hydroxyl groups is 1. The molecule has 1 aromatic heterocycles. The number of hydrogen-bond acceptors (Lipinski definition) is 5. The van der Waals surface area contributed by atoms with Crippen molar-refractivity contribution < 1.29 is 15.3 Å². The maximum absolute atomic E-state index is 11.5. The predicted octanol–water partition coefficient (Wildman–Crippen LogP) is -0.0786. The monoisotopic (exact) mass is 270 g/mol. The standard InChI is InChI=1S/C13H22N2O4/c1-10(2)15-9-13(19)12(18)7-11(15)8-14(3-5-16)4-6-17/h7,9-10,16-17,19H,3-6,8H2,1-2H3. The Kier molecular flexibility index (Phi) is 6.01. The van der Waals surface area contributed by atoms with Gasteiger partial charge >= 0.3 is 0 Å². The summed E-state index contributed by atoms with van der Waals surface area (Å²) in [4.78, 5) is 13.4. The van der Waals surface area contributed by atoms with Crippen molar-refractivity contribution in [1.82, 2.24) is 9.47 Å². The first-order valence-corrected chi connectivity index (χ1v) is 6.37. The van der Waals surface area contributed by atoms with E-state index in [4.69, 9.17) is 10.2 Å². The van der Waals surface area contributed by atoms with Crippen LogP contribution in [0.5, 0.6) is 5.75 Å². The molecule has 0 bridgehead atoms. The molecule has 0 radical (unpaired) electrons. The molecule has 1 heterocycles. The van der Waals surface area contributed by atoms with E-state index in [9.17, 15) is 9.90 Å². The molecular weight excluding hydrogens is 248 g/mol. The van der Waals surface area contributed by atoms with Crippen molar-refractivity contribution in [3.05, 3.63) is 28.2 Å². The zero-order valence-electron chi connectivity index (χ0n) is 11.4. The van der Waals surface area contributed by atoms with Crippen molar-refractivity contribution in [2.75, 3.05) is 26.3 Å². The lowest BCUT2D eigenvalue weighted by Crippen LogP contribution is -2.31. The highest BCUT2D eigenvalue weighted by Gasteiger charge is 2.12. The lowest BCUT2D eigenvalue weighted by atomic mass is 10.2. The third kappa shape index (κ3) is 4.34. The van der Waals surface area contributed by atoms with Crippen molar-refractivity contribution in [1.29, 1.82) is 0 Å². The minimum absolute atomic E-state index is 0.00993. The summed E-state index contributed by atoms with van der Waals surface area (Å²) in [6.45, 7) is 5.18. The van der Waals surface area contributed by atoms with Crippen LogP contribution in [0.1, 0.15) is 25.6 Å². The van der Waals surface area contributed by atoms with Gasteiger partial charge in [0.25, 0.3) is 0 Å². The molecule has 1 aromatic rings. The Hall–Kier alpha value is -1.37. The Labute approximate surface area is 112 Å². The molecule has 6 nitrogen and oxygen atoms in total. The molecule has 0 aliphatic heterocycles. The third-order valence-corrected chi connectivity index (χ3v) is 2.92. The molecule has 0 spiro atoms. The average molecular weight is 270 g/mol. The van der Waals surface area contributed by atoms with Crippen LogP contribution in [0.15, 0.2) is 17.1 Å². The summed E-state index contributed by atoms with van der Waals surface area (Å²) in [5, 5.41) is 27.5. The van der Waals surface area contributed by atoms with Crippen LogP contribution >= 0.6 is 0 Å². The molecular formula is C13H22N2O4. The Bertz CT molecular complexity index is 450. The second-order valence-corrected chi connectivity index (χ2v) is 4.74. The van der Waals surface area contributed by atoms with Gasteiger partial charge < -0.3 is 19.9 Å². The predicted molar refractivity (Wildman–Crippen MR) is 72.2 cm³/mol. The normalized spacial score (nSPS) is 11.5. The van der Waals surface area contributed by atoms with Gasteiger partial charge in [0.2, 0.25) is 5.43 Å². The first-order chi connectivity index (χ1) is 8.99. The Morgan fingerprint density at radius 3 is 2.32 bits per heavy atom. The second kappa shape index (κ2) is 7.28. The van der Waals surface area contributed by atoms with E-state index in [-0.39, 0.29) is 25.0 Å². The molecule has 0 fully saturated rings. The molecule has 0 unspecified atom stereocenters. The molecule has 19 heavy (non-hydrogen) atoms. The Morgan fingerprint density at radius 2 is 1.84 bits per heavy atom. The van der Waals surface area contributed by atoms with Gasteiger partial charge in [-0.3, -0.25) is 9.69 Å². The summed E-state index contributed by atoms with van der Waals surface area (Å²) >= 11 is 0. The fraction of sp³-hybridized carbons (Fsp3) is 0.615. The van der Waals surface area contributed by atoms with Crippen molar-refractivity contribution in [3.8, 4) is 5.75 Å². The SMILES string of the molecule is CC(C)n1cc(O)c(=O)cc1CN(CCO)CCO. The van der Waals surface area contributed by atoms with Gasteiger partial charge in [-0.25, -0.2) is 0 Å². The van der Waals surface area contributed by atoms with Gasteiger partial charge in [0, 0.05) is 37.4 Å². The maximum atomic E-state index is 11.5. The zero-order valence-corrected chi connectivity index (χ0v) is 11.4. The summed E-state index contributed by atoms with van der Waals surface area (Å²) in [6.07, 6.45) is 1.43. The first kappa shape index (κ1) is 15.7. The van der Waals surface area contributed by atoms with Gasteiger partial charge in [0.05, 0.1) is 19.4 Å². The van der Waals surface area contributed by atoms with Crippen LogP contribution in [0, 0.1) is 0 Å². The van der Waals surface area contributed by atoms with Crippen molar-refractivity contribution in [2.45, 2.75) is 26.4 Å². The molecule has 0 saturated heterocycles. The van der Waals surface area contributed by atoms with Gasteiger partial charge in [0.1, 0.15) is 0 Å². The summed E-state index contributed by atoms with van der Waals surface area (Å²) in [7, 11) is 0. The highest BCUT2D eigenvalue weighted by Crippen LogP contribution is 2.14. The number of aliphatic hydroxyl groups excluding tert-OH is 2. The molecule has 0 amide bonds. The van der Waals surface area contributed by atoms with Gasteiger partial charge in [-0.15, -0.1) is 0 Å². The molecule has 0 atom stereocenters. The first-order valence-electron chi connectivity index (χ1n) is 6.37. The molecule has 6 heteroatoms. The molecule has 1 rings (SSSR count). The third-order valence-electron chi connectivity index (χ3n) is 2.92. The summed E-state index contributed by atoms with van der Waals surface area (Å²) in [5.74, 6) is -0.270. The molecule has 3 N–H and O–H groups in total. The fourth-order valence-electron chi connectivity index (χ4n) is 1.97. The molecule has 0 aliphatic rings. The van der Waals surface area contributed by atoms with Crippen LogP contribution in [0.25, 0.3) is 0 Å². The van der Waals surface area contributed by atoms with Crippen LogP contribution in [-0.2, 0) is 6.54 Å². The molecule has 0 saturated carbocycles. The van der Waals surface area contributed by atoms with Gasteiger partial charge in [-0.2, -0.15) is 0 Å². The lowest BCUT2D eigenvalue weighted by Gasteiger charge is -2.24. The second-order valence-electron chi connectivity index (χ2n) is 4.74. The van der Waals surface area contributed by atoms with E-state index in [2.05, 4.69) is 0 Å². The Morgan fingerprint density at radius 1 is 1.26 bits per heavy atom. The van der Waals surface area contributed by atoms with Gasteiger partial charge in [-0.05, 0) is 13.8 Å². The molecule has 0 aliphatic carbocycles. The summed E-state index contributed by atoms with van der Waals surface area (Å²) in [5.41, 5.74) is 0.333. The van der Waals surface area contributed by atoms with Crippen LogP contribution in [-0.4, -0.2) is 51.1 Å². The fourth-order valence-corrected chi connectivity index (χ4v) is 1.97. The van der Waals surface area contributed by atoms with Gasteiger partial charge in [-0.1, -0.05) is 0 Å². The van der Waals surface area contributed by atoms with E-state index in [1.807, 2.05) is 23.3 Å². The number of pyridine rings is 1. The van der Waals surface area contributed by atoms with E-state index in [1.165, 1.54) is 12.3 Å². The van der Waals surface area contributed by atoms with Crippen LogP contribution in [0.4, 0.5) is 0 Å². The number of aromatic nitrogens is 1. The van der Waals surface area contributed by atoms with Crippen LogP contribution < -0.4 is 5.43 Å². The average Bonchev–Trinajstić information content (AvgIpc) is 2.33. The number of nitrogens with zero attached hydrogens (tertiary/aromatic N) is 2. The van der Waals surface area contributed by atoms with E-state index in [0.29, 0.717) is 19.6 Å². The van der Waals surface area contributed by atoms with Gasteiger partial charge in [0.15, 0.2) is 5.75 Å². The summed E-state index contributed by atoms with van der Waals surface area (Å²) < 4.78 is 1.82. The highest BCUT2D eigenvalue weighted by atomic mass is 16.3. The number of aliphatic hydroxyl groups is 2. The van der Waals surface area contributed by atoms with E-state index in [0.717, 1.165) is 5.69 Å². The van der Waals surface area contributed by atoms with Crippen molar-refractivity contribution in [2.24, 2.45) is 0 Å². The summed E-state index contributed by atoms with van der Waals surface area (Å²) in [6, 6.07) is 1.50. The topological polar surface area (TPSA) is 85.9 Å². The van der Waals surface area contributed by atoms with Crippen LogP contribution in [0.3, 0.4) is 0 Å². The van der Waals surface area contributed by atoms with Crippen LogP contribution in [0.2, 0.25) is 0 Å². The quantitative estimate of drug-likeness (QED) is 0.645. The lowest BCUT2D eigenvalue weighted by molar-refractivity contribution is 0.152. The van der Waals surface area contributed by atoms with Crippen molar-refractivity contribution >= 4 is 0 Å². The van der Waals surface area contributed by atoms with E-state index in [1.54, 1.807) is 0 Å². The number of rotatable bonds is 7. The van der Waals surface area contributed by atoms with E-state index < -0.39 is 5.43 Å². The largest absolute Gasteiger partial charge is 0.503 e. The molecule has 108 valence electrons. The van der Waals surface area contributed by atoms with Crippen molar-refractivity contribution in [3.63, 3.8) is 0 Å². The zero-order chi connectivity index (χ0) is 14.4. The Balaban J connectivity index is 3.03.